The highest BCUT2D eigenvalue weighted by molar-refractivity contribution is 9.10. The van der Waals surface area contributed by atoms with Crippen LogP contribution in [0.4, 0.5) is 3.89 Å². The first kappa shape index (κ1) is 13.4. The monoisotopic (exact) mass is 330 g/mol. The number of esters is 1. The Kier molecular flexibility index (Phi) is 3.92. The number of carbonyl (C=O) groups is 1. The van der Waals surface area contributed by atoms with Crippen molar-refractivity contribution in [3.8, 4) is 0 Å². The Hall–Kier alpha value is -0.660. The number of benzene rings is 1. The van der Waals surface area contributed by atoms with Gasteiger partial charge in [-0.2, -0.15) is 8.42 Å². The molecule has 0 fully saturated rings. The number of hydrogen-bond acceptors (Lipinski definition) is 4. The molecule has 0 N–H and O–H groups in total. The molecule has 0 aromatic heterocycles. The number of methoxy groups -OCH3 is 1. The van der Waals surface area contributed by atoms with Crippen LogP contribution in [0.15, 0.2) is 21.5 Å². The van der Waals surface area contributed by atoms with Crippen molar-refractivity contribution in [3.05, 3.63) is 27.2 Å². The van der Waals surface area contributed by atoms with Crippen molar-refractivity contribution >= 4 is 43.7 Å². The lowest BCUT2D eigenvalue weighted by Gasteiger charge is -2.05. The Morgan fingerprint density at radius 3 is 2.50 bits per heavy atom. The third kappa shape index (κ3) is 2.72. The average molecular weight is 332 g/mol. The van der Waals surface area contributed by atoms with E-state index in [0.717, 1.165) is 19.2 Å². The van der Waals surface area contributed by atoms with E-state index in [1.165, 1.54) is 0 Å². The topological polar surface area (TPSA) is 60.4 Å². The molecular formula is C8H5BrClFO4S. The number of halogens is 3. The summed E-state index contributed by atoms with van der Waals surface area (Å²) in [6, 6.07) is 1.92. The molecule has 0 aliphatic rings. The fourth-order valence-electron chi connectivity index (χ4n) is 0.982. The summed E-state index contributed by atoms with van der Waals surface area (Å²) < 4.78 is 38.6. The highest BCUT2D eigenvalue weighted by Gasteiger charge is 2.21. The number of ether oxygens (including phenoxy) is 1. The zero-order chi connectivity index (χ0) is 12.5. The first-order chi connectivity index (χ1) is 7.27. The standard InChI is InChI=1S/C8H5BrClFO4S/c1-15-8(12)4-2-7(16(11,13)14)5(9)3-6(4)10/h2-3H,1H3. The van der Waals surface area contributed by atoms with Crippen LogP contribution in [0.5, 0.6) is 0 Å². The van der Waals surface area contributed by atoms with Crippen LogP contribution in [0.3, 0.4) is 0 Å². The summed E-state index contributed by atoms with van der Waals surface area (Å²) in [7, 11) is -3.83. The Morgan fingerprint density at radius 2 is 2.06 bits per heavy atom. The molecule has 0 aliphatic carbocycles. The molecule has 16 heavy (non-hydrogen) atoms. The molecule has 1 aromatic carbocycles. The quantitative estimate of drug-likeness (QED) is 0.617. The summed E-state index contributed by atoms with van der Waals surface area (Å²) in [6.07, 6.45) is 0. The summed E-state index contributed by atoms with van der Waals surface area (Å²) in [5.74, 6) is -0.845. The van der Waals surface area contributed by atoms with Gasteiger partial charge in [-0.05, 0) is 28.1 Å². The molecule has 0 radical (unpaired) electrons. The lowest BCUT2D eigenvalue weighted by molar-refractivity contribution is 0.0600. The molecule has 0 heterocycles. The van der Waals surface area contributed by atoms with Crippen LogP contribution in [0, 0.1) is 0 Å². The third-order valence-electron chi connectivity index (χ3n) is 1.69. The van der Waals surface area contributed by atoms with E-state index in [1.54, 1.807) is 0 Å². The van der Waals surface area contributed by atoms with Gasteiger partial charge in [0.1, 0.15) is 4.90 Å². The zero-order valence-electron chi connectivity index (χ0n) is 7.83. The van der Waals surface area contributed by atoms with Gasteiger partial charge in [0.25, 0.3) is 0 Å². The number of hydrogen-bond donors (Lipinski definition) is 0. The van der Waals surface area contributed by atoms with Gasteiger partial charge in [0.15, 0.2) is 0 Å². The molecule has 1 aromatic rings. The first-order valence-corrected chi connectivity index (χ1v) is 6.35. The summed E-state index contributed by atoms with van der Waals surface area (Å²) >= 11 is 8.51. The van der Waals surface area contributed by atoms with E-state index in [4.69, 9.17) is 11.6 Å². The van der Waals surface area contributed by atoms with Crippen LogP contribution in [-0.4, -0.2) is 21.5 Å². The van der Waals surface area contributed by atoms with Gasteiger partial charge in [-0.3, -0.25) is 0 Å². The maximum Gasteiger partial charge on any atom is 0.339 e. The van der Waals surface area contributed by atoms with Crippen molar-refractivity contribution in [2.75, 3.05) is 7.11 Å². The minimum atomic E-state index is -4.93. The summed E-state index contributed by atoms with van der Waals surface area (Å²) in [4.78, 5) is 10.5. The second-order valence-electron chi connectivity index (χ2n) is 2.69. The van der Waals surface area contributed by atoms with Gasteiger partial charge in [0, 0.05) is 4.47 Å². The maximum atomic E-state index is 12.8. The Bertz CT molecular complexity index is 543. The molecule has 0 atom stereocenters. The highest BCUT2D eigenvalue weighted by atomic mass is 79.9. The second-order valence-corrected chi connectivity index (χ2v) is 5.27. The van der Waals surface area contributed by atoms with Crippen LogP contribution in [0.2, 0.25) is 5.02 Å². The molecule has 1 rings (SSSR count). The molecule has 8 heteroatoms. The fraction of sp³-hybridized carbons (Fsp3) is 0.125. The minimum absolute atomic E-state index is 0.0360. The van der Waals surface area contributed by atoms with E-state index < -0.39 is 21.1 Å². The molecule has 0 saturated carbocycles. The Labute approximate surface area is 105 Å². The molecule has 0 bridgehead atoms. The van der Waals surface area contributed by atoms with E-state index in [2.05, 4.69) is 20.7 Å². The van der Waals surface area contributed by atoms with Gasteiger partial charge in [-0.15, -0.1) is 3.89 Å². The first-order valence-electron chi connectivity index (χ1n) is 3.79. The summed E-state index contributed by atoms with van der Waals surface area (Å²) in [6.45, 7) is 0. The predicted octanol–water partition coefficient (Wildman–Crippen LogP) is 2.55. The minimum Gasteiger partial charge on any atom is -0.465 e. The summed E-state index contributed by atoms with van der Waals surface area (Å²) in [5, 5.41) is -0.0360. The lowest BCUT2D eigenvalue weighted by atomic mass is 10.2. The van der Waals surface area contributed by atoms with Crippen molar-refractivity contribution in [1.29, 1.82) is 0 Å². The van der Waals surface area contributed by atoms with Crippen LogP contribution in [-0.2, 0) is 15.0 Å². The largest absolute Gasteiger partial charge is 0.465 e. The normalized spacial score (nSPS) is 11.2. The van der Waals surface area contributed by atoms with Crippen molar-refractivity contribution in [2.24, 2.45) is 0 Å². The molecule has 88 valence electrons. The van der Waals surface area contributed by atoms with E-state index in [1.807, 2.05) is 0 Å². The van der Waals surface area contributed by atoms with Crippen LogP contribution in [0.25, 0.3) is 0 Å². The second kappa shape index (κ2) is 4.68. The van der Waals surface area contributed by atoms with Crippen molar-refractivity contribution < 1.29 is 21.8 Å². The van der Waals surface area contributed by atoms with Gasteiger partial charge in [-0.1, -0.05) is 11.6 Å². The lowest BCUT2D eigenvalue weighted by Crippen LogP contribution is -2.05. The summed E-state index contributed by atoms with van der Waals surface area (Å²) in [5.41, 5.74) is -0.219. The zero-order valence-corrected chi connectivity index (χ0v) is 11.0. The van der Waals surface area contributed by atoms with E-state index in [-0.39, 0.29) is 15.1 Å². The van der Waals surface area contributed by atoms with Gasteiger partial charge in [0.2, 0.25) is 0 Å². The van der Waals surface area contributed by atoms with Gasteiger partial charge < -0.3 is 4.74 Å². The van der Waals surface area contributed by atoms with Crippen LogP contribution >= 0.6 is 27.5 Å². The molecule has 0 aliphatic heterocycles. The molecule has 0 saturated heterocycles. The van der Waals surface area contributed by atoms with Crippen molar-refractivity contribution in [2.45, 2.75) is 4.90 Å². The molecule has 0 unspecified atom stereocenters. The van der Waals surface area contributed by atoms with Crippen molar-refractivity contribution in [1.82, 2.24) is 0 Å². The Morgan fingerprint density at radius 1 is 1.50 bits per heavy atom. The number of carbonyl (C=O) groups excluding carboxylic acids is 1. The van der Waals surface area contributed by atoms with Crippen molar-refractivity contribution in [3.63, 3.8) is 0 Å². The molecule has 0 amide bonds. The average Bonchev–Trinajstić information content (AvgIpc) is 2.14. The molecule has 0 spiro atoms. The maximum absolute atomic E-state index is 12.8. The molecule has 4 nitrogen and oxygen atoms in total. The van der Waals surface area contributed by atoms with E-state index in [9.17, 15) is 17.1 Å². The van der Waals surface area contributed by atoms with Gasteiger partial charge in [0.05, 0.1) is 17.7 Å². The van der Waals surface area contributed by atoms with E-state index >= 15 is 0 Å². The smallest absolute Gasteiger partial charge is 0.339 e. The third-order valence-corrected chi connectivity index (χ3v) is 3.78. The van der Waals surface area contributed by atoms with Crippen LogP contribution < -0.4 is 0 Å². The number of rotatable bonds is 2. The van der Waals surface area contributed by atoms with E-state index in [0.29, 0.717) is 0 Å². The molecular weight excluding hydrogens is 327 g/mol. The van der Waals surface area contributed by atoms with Gasteiger partial charge in [-0.25, -0.2) is 4.79 Å². The van der Waals surface area contributed by atoms with Crippen LogP contribution in [0.1, 0.15) is 10.4 Å². The van der Waals surface area contributed by atoms with Gasteiger partial charge >= 0.3 is 16.2 Å². The SMILES string of the molecule is COC(=O)c1cc(S(=O)(=O)F)c(Br)cc1Cl. The Balaban J connectivity index is 3.51. The highest BCUT2D eigenvalue weighted by Crippen LogP contribution is 2.30. The fourth-order valence-corrected chi connectivity index (χ4v) is 2.83. The predicted molar refractivity (Wildman–Crippen MR) is 58.8 cm³/mol.